The predicted molar refractivity (Wildman–Crippen MR) is 52.6 cm³/mol. The van der Waals surface area contributed by atoms with Crippen LogP contribution in [0.2, 0.25) is 0 Å². The number of rotatable bonds is 1. The molecule has 0 saturated heterocycles. The molecular formula is C7H6N4O2S. The van der Waals surface area contributed by atoms with Crippen molar-refractivity contribution < 1.29 is 9.90 Å². The number of aromatic nitrogens is 2. The lowest BCUT2D eigenvalue weighted by Gasteiger charge is -2.13. The van der Waals surface area contributed by atoms with Crippen molar-refractivity contribution in [1.82, 2.24) is 9.97 Å². The first-order valence-corrected chi connectivity index (χ1v) is 4.21. The highest BCUT2D eigenvalue weighted by atomic mass is 32.1. The van der Waals surface area contributed by atoms with Crippen molar-refractivity contribution >= 4 is 35.4 Å². The fourth-order valence-corrected chi connectivity index (χ4v) is 1.33. The first kappa shape index (κ1) is 8.82. The van der Waals surface area contributed by atoms with Gasteiger partial charge in [-0.25, -0.2) is 14.8 Å². The summed E-state index contributed by atoms with van der Waals surface area (Å²) in [5.74, 6) is -0.632. The third-order valence-corrected chi connectivity index (χ3v) is 2.07. The Morgan fingerprint density at radius 1 is 1.64 bits per heavy atom. The molecule has 2 rings (SSSR count). The van der Waals surface area contributed by atoms with Gasteiger partial charge in [-0.2, -0.15) is 0 Å². The van der Waals surface area contributed by atoms with Gasteiger partial charge in [0.25, 0.3) is 0 Å². The van der Waals surface area contributed by atoms with Gasteiger partial charge < -0.3 is 15.4 Å². The second-order valence-corrected chi connectivity index (χ2v) is 3.04. The molecule has 0 unspecified atom stereocenters. The maximum atomic E-state index is 10.6. The molecule has 0 spiro atoms. The number of anilines is 1. The number of hydrogen-bond donors (Lipinski definition) is 3. The average Bonchev–Trinajstić information content (AvgIpc) is 2.17. The van der Waals surface area contributed by atoms with Crippen LogP contribution in [-0.4, -0.2) is 33.3 Å². The summed E-state index contributed by atoms with van der Waals surface area (Å²) < 4.78 is 0.381. The molecule has 0 atom stereocenters. The number of H-pyrrole nitrogens is 1. The zero-order valence-corrected chi connectivity index (χ0v) is 7.76. The molecule has 0 aromatic carbocycles. The van der Waals surface area contributed by atoms with Crippen LogP contribution >= 0.6 is 12.2 Å². The molecule has 1 aromatic heterocycles. The van der Waals surface area contributed by atoms with Crippen LogP contribution in [0.15, 0.2) is 11.3 Å². The van der Waals surface area contributed by atoms with E-state index in [1.807, 2.05) is 0 Å². The van der Waals surface area contributed by atoms with E-state index < -0.39 is 5.97 Å². The maximum Gasteiger partial charge on any atom is 0.352 e. The van der Waals surface area contributed by atoms with E-state index in [0.29, 0.717) is 16.1 Å². The van der Waals surface area contributed by atoms with Crippen molar-refractivity contribution in [3.05, 3.63) is 11.0 Å². The first-order chi connectivity index (χ1) is 6.68. The quantitative estimate of drug-likeness (QED) is 0.594. The highest BCUT2D eigenvalue weighted by molar-refractivity contribution is 7.71. The zero-order chi connectivity index (χ0) is 10.1. The topological polar surface area (TPSA) is 90.4 Å². The molecule has 0 fully saturated rings. The Hall–Kier alpha value is -1.76. The van der Waals surface area contributed by atoms with Gasteiger partial charge in [-0.1, -0.05) is 12.2 Å². The Morgan fingerprint density at radius 2 is 2.43 bits per heavy atom. The highest BCUT2D eigenvalue weighted by Gasteiger charge is 2.17. The van der Waals surface area contributed by atoms with Crippen LogP contribution in [0.3, 0.4) is 0 Å². The summed E-state index contributed by atoms with van der Waals surface area (Å²) in [7, 11) is 0. The van der Waals surface area contributed by atoms with Gasteiger partial charge >= 0.3 is 5.97 Å². The molecule has 0 saturated carbocycles. The summed E-state index contributed by atoms with van der Waals surface area (Å²) in [5, 5.41) is 11.6. The number of nitrogens with zero attached hydrogens (tertiary/aromatic N) is 2. The number of aromatic amines is 1. The monoisotopic (exact) mass is 210 g/mol. The minimum Gasteiger partial charge on any atom is -0.477 e. The maximum absolute atomic E-state index is 10.6. The number of carboxylic acids is 1. The van der Waals surface area contributed by atoms with Crippen molar-refractivity contribution in [2.75, 3.05) is 11.9 Å². The second kappa shape index (κ2) is 3.18. The van der Waals surface area contributed by atoms with Gasteiger partial charge in [0.1, 0.15) is 11.4 Å². The molecule has 72 valence electrons. The first-order valence-electron chi connectivity index (χ1n) is 3.81. The van der Waals surface area contributed by atoms with Gasteiger partial charge in [-0.3, -0.25) is 0 Å². The van der Waals surface area contributed by atoms with Crippen molar-refractivity contribution in [2.45, 2.75) is 0 Å². The van der Waals surface area contributed by atoms with Crippen LogP contribution in [0.5, 0.6) is 0 Å². The lowest BCUT2D eigenvalue weighted by atomic mass is 10.3. The van der Waals surface area contributed by atoms with Gasteiger partial charge in [0.15, 0.2) is 10.5 Å². The minimum absolute atomic E-state index is 0.0503. The van der Waals surface area contributed by atoms with Crippen molar-refractivity contribution in [1.29, 1.82) is 0 Å². The molecule has 3 N–H and O–H groups in total. The molecule has 1 aliphatic heterocycles. The summed E-state index contributed by atoms with van der Waals surface area (Å²) in [6.07, 6.45) is 1.39. The smallest absolute Gasteiger partial charge is 0.352 e. The molecular weight excluding hydrogens is 204 g/mol. The normalized spacial score (nSPS) is 13.9. The Labute approximate surface area is 83.7 Å². The predicted octanol–water partition coefficient (Wildman–Crippen LogP) is 0.722. The summed E-state index contributed by atoms with van der Waals surface area (Å²) in [5.41, 5.74) is 0.627. The van der Waals surface area contributed by atoms with Crippen LogP contribution in [-0.2, 0) is 4.79 Å². The van der Waals surface area contributed by atoms with E-state index in [0.717, 1.165) is 0 Å². The molecule has 0 bridgehead atoms. The van der Waals surface area contributed by atoms with Crippen LogP contribution in [0.25, 0.3) is 0 Å². The largest absolute Gasteiger partial charge is 0.477 e. The molecule has 0 radical (unpaired) electrons. The number of aliphatic carboxylic acids is 1. The number of aliphatic imine (C=N–C) groups is 1. The van der Waals surface area contributed by atoms with E-state index >= 15 is 0 Å². The number of carbonyl (C=O) groups is 1. The molecule has 14 heavy (non-hydrogen) atoms. The molecule has 7 heteroatoms. The highest BCUT2D eigenvalue weighted by Crippen LogP contribution is 2.24. The number of carboxylic acid groups (broad SMARTS) is 1. The molecule has 6 nitrogen and oxygen atoms in total. The molecule has 1 aromatic rings. The van der Waals surface area contributed by atoms with Gasteiger partial charge in [0, 0.05) is 0 Å². The summed E-state index contributed by atoms with van der Waals surface area (Å²) in [6.45, 7) is 0.158. The summed E-state index contributed by atoms with van der Waals surface area (Å²) in [6, 6.07) is 0. The van der Waals surface area contributed by atoms with Gasteiger partial charge in [0.2, 0.25) is 0 Å². The number of hydrogen-bond acceptors (Lipinski definition) is 5. The van der Waals surface area contributed by atoms with Gasteiger partial charge in [-0.05, 0) is 0 Å². The third kappa shape index (κ3) is 1.37. The lowest BCUT2D eigenvalue weighted by Crippen LogP contribution is -2.25. The summed E-state index contributed by atoms with van der Waals surface area (Å²) >= 11 is 4.93. The molecule has 2 heterocycles. The Kier molecular flexibility index (Phi) is 2.01. The lowest BCUT2D eigenvalue weighted by molar-refractivity contribution is -0.129. The van der Waals surface area contributed by atoms with E-state index in [-0.39, 0.29) is 12.3 Å². The third-order valence-electron chi connectivity index (χ3n) is 1.76. The van der Waals surface area contributed by atoms with E-state index in [1.54, 1.807) is 0 Å². The fraction of sp³-hybridized carbons (Fsp3) is 0.143. The number of nitrogens with one attached hydrogen (secondary N) is 2. The molecule has 1 aliphatic rings. The van der Waals surface area contributed by atoms with E-state index in [4.69, 9.17) is 17.3 Å². The van der Waals surface area contributed by atoms with E-state index in [9.17, 15) is 4.79 Å². The van der Waals surface area contributed by atoms with E-state index in [1.165, 1.54) is 6.33 Å². The summed E-state index contributed by atoms with van der Waals surface area (Å²) in [4.78, 5) is 21.1. The fourth-order valence-electron chi connectivity index (χ4n) is 1.11. The van der Waals surface area contributed by atoms with Crippen LogP contribution < -0.4 is 5.32 Å². The van der Waals surface area contributed by atoms with Crippen molar-refractivity contribution in [3.63, 3.8) is 0 Å². The molecule has 0 amide bonds. The minimum atomic E-state index is -1.04. The SMILES string of the molecule is O=C(O)C1=Nc2[nH]cnc(=S)c2NC1. The zero-order valence-electron chi connectivity index (χ0n) is 6.94. The standard InChI is InChI=1S/C7H6N4O2S/c12-7(13)3-1-8-4-5(11-3)9-2-10-6(4)14/h2,8H,1H2,(H,12,13)(H,9,10,14). The van der Waals surface area contributed by atoms with Gasteiger partial charge in [0.05, 0.1) is 12.9 Å². The van der Waals surface area contributed by atoms with Gasteiger partial charge in [-0.15, -0.1) is 0 Å². The average molecular weight is 210 g/mol. The second-order valence-electron chi connectivity index (χ2n) is 2.65. The van der Waals surface area contributed by atoms with E-state index in [2.05, 4.69) is 20.3 Å². The Morgan fingerprint density at radius 3 is 3.14 bits per heavy atom. The Balaban J connectivity index is 2.55. The number of fused-ring (bicyclic) bond motifs is 1. The van der Waals surface area contributed by atoms with Crippen molar-refractivity contribution in [2.24, 2.45) is 4.99 Å². The van der Waals surface area contributed by atoms with Crippen molar-refractivity contribution in [3.8, 4) is 0 Å². The Bertz CT molecular complexity index is 479. The van der Waals surface area contributed by atoms with Crippen LogP contribution in [0.4, 0.5) is 11.5 Å². The molecule has 0 aliphatic carbocycles. The van der Waals surface area contributed by atoms with Crippen LogP contribution in [0.1, 0.15) is 0 Å². The van der Waals surface area contributed by atoms with Crippen LogP contribution in [0, 0.1) is 4.64 Å².